The van der Waals surface area contributed by atoms with E-state index < -0.39 is 23.5 Å². The summed E-state index contributed by atoms with van der Waals surface area (Å²) in [7, 11) is 0. The molecule has 4 rings (SSSR count). The van der Waals surface area contributed by atoms with Crippen molar-refractivity contribution in [2.24, 2.45) is 0 Å². The Balaban J connectivity index is 1.55. The van der Waals surface area contributed by atoms with Crippen molar-refractivity contribution in [2.75, 3.05) is 18.4 Å². The number of halogens is 4. The largest absolute Gasteiger partial charge is 0.416 e. The van der Waals surface area contributed by atoms with E-state index in [0.717, 1.165) is 18.2 Å². The highest BCUT2D eigenvalue weighted by molar-refractivity contribution is 5.98. The van der Waals surface area contributed by atoms with Gasteiger partial charge in [-0.05, 0) is 48.6 Å². The number of rotatable bonds is 2. The van der Waals surface area contributed by atoms with Gasteiger partial charge in [0, 0.05) is 31.1 Å². The van der Waals surface area contributed by atoms with E-state index in [9.17, 15) is 27.2 Å². The molecule has 1 unspecified atom stereocenters. The van der Waals surface area contributed by atoms with Crippen molar-refractivity contribution in [2.45, 2.75) is 37.8 Å². The summed E-state index contributed by atoms with van der Waals surface area (Å²) >= 11 is 0. The van der Waals surface area contributed by atoms with Crippen LogP contribution in [-0.2, 0) is 17.4 Å². The first-order valence-electron chi connectivity index (χ1n) is 9.81. The molecule has 1 saturated heterocycles. The zero-order chi connectivity index (χ0) is 21.5. The number of benzene rings is 2. The van der Waals surface area contributed by atoms with E-state index in [2.05, 4.69) is 5.32 Å². The van der Waals surface area contributed by atoms with E-state index in [1.54, 1.807) is 6.07 Å². The number of carbonyl (C=O) groups is 2. The number of hydrogen-bond acceptors (Lipinski definition) is 2. The first-order chi connectivity index (χ1) is 14.2. The lowest BCUT2D eigenvalue weighted by Crippen LogP contribution is -2.39. The predicted octanol–water partition coefficient (Wildman–Crippen LogP) is 4.75. The van der Waals surface area contributed by atoms with E-state index in [0.29, 0.717) is 42.6 Å². The summed E-state index contributed by atoms with van der Waals surface area (Å²) in [5.74, 6) is -1.64. The van der Waals surface area contributed by atoms with Crippen LogP contribution in [0.15, 0.2) is 36.4 Å². The van der Waals surface area contributed by atoms with Crippen LogP contribution in [0.5, 0.6) is 0 Å². The highest BCUT2D eigenvalue weighted by atomic mass is 19.4. The molecule has 30 heavy (non-hydrogen) atoms. The van der Waals surface area contributed by atoms with Gasteiger partial charge in [-0.1, -0.05) is 18.2 Å². The SMILES string of the molecule is O=C1CCc2cc(C(=O)N3CCCC(c4cccc(C(F)(F)F)c4)C3)c(F)cc2N1. The van der Waals surface area contributed by atoms with Crippen molar-refractivity contribution in [1.82, 2.24) is 4.90 Å². The Morgan fingerprint density at radius 1 is 1.13 bits per heavy atom. The van der Waals surface area contributed by atoms with Crippen molar-refractivity contribution >= 4 is 17.5 Å². The Morgan fingerprint density at radius 2 is 1.93 bits per heavy atom. The van der Waals surface area contributed by atoms with Gasteiger partial charge in [-0.25, -0.2) is 4.39 Å². The summed E-state index contributed by atoms with van der Waals surface area (Å²) in [6.07, 6.45) is -2.46. The molecule has 2 amide bonds. The third kappa shape index (κ3) is 4.04. The lowest BCUT2D eigenvalue weighted by Gasteiger charge is -2.33. The first kappa shape index (κ1) is 20.4. The van der Waals surface area contributed by atoms with Gasteiger partial charge in [0.25, 0.3) is 5.91 Å². The molecule has 0 aliphatic carbocycles. The van der Waals surface area contributed by atoms with Crippen molar-refractivity contribution in [3.05, 3.63) is 64.5 Å². The lowest BCUT2D eigenvalue weighted by molar-refractivity contribution is -0.137. The standard InChI is InChI=1S/C22H20F4N2O2/c23-18-11-19-14(6-7-20(29)27-19)10-17(18)21(30)28-8-2-4-15(12-28)13-3-1-5-16(9-13)22(24,25)26/h1,3,5,9-11,15H,2,4,6-8,12H2,(H,27,29). The molecule has 0 aromatic heterocycles. The summed E-state index contributed by atoms with van der Waals surface area (Å²) in [6.45, 7) is 0.648. The molecule has 4 nitrogen and oxygen atoms in total. The van der Waals surface area contributed by atoms with Crippen LogP contribution in [0, 0.1) is 5.82 Å². The molecule has 0 saturated carbocycles. The summed E-state index contributed by atoms with van der Waals surface area (Å²) in [5.41, 5.74) is 0.809. The summed E-state index contributed by atoms with van der Waals surface area (Å²) in [6, 6.07) is 7.79. The predicted molar refractivity (Wildman–Crippen MR) is 103 cm³/mol. The average Bonchev–Trinajstić information content (AvgIpc) is 2.72. The minimum atomic E-state index is -4.43. The molecule has 2 aromatic rings. The molecule has 2 aliphatic heterocycles. The maximum atomic E-state index is 14.6. The van der Waals surface area contributed by atoms with Gasteiger partial charge >= 0.3 is 6.18 Å². The van der Waals surface area contributed by atoms with Crippen LogP contribution in [0.4, 0.5) is 23.2 Å². The fourth-order valence-electron chi connectivity index (χ4n) is 4.14. The second-order valence-electron chi connectivity index (χ2n) is 7.75. The van der Waals surface area contributed by atoms with E-state index in [1.807, 2.05) is 0 Å². The van der Waals surface area contributed by atoms with Crippen molar-refractivity contribution in [1.29, 1.82) is 0 Å². The van der Waals surface area contributed by atoms with Crippen molar-refractivity contribution in [3.63, 3.8) is 0 Å². The van der Waals surface area contributed by atoms with Gasteiger partial charge in [0.15, 0.2) is 0 Å². The van der Waals surface area contributed by atoms with Crippen LogP contribution in [0.3, 0.4) is 0 Å². The van der Waals surface area contributed by atoms with Gasteiger partial charge in [-0.2, -0.15) is 13.2 Å². The molecular weight excluding hydrogens is 400 g/mol. The van der Waals surface area contributed by atoms with E-state index in [-0.39, 0.29) is 30.4 Å². The van der Waals surface area contributed by atoms with Crippen LogP contribution < -0.4 is 5.32 Å². The van der Waals surface area contributed by atoms with E-state index >= 15 is 0 Å². The summed E-state index contributed by atoms with van der Waals surface area (Å²) in [5, 5.41) is 2.60. The van der Waals surface area contributed by atoms with Crippen LogP contribution in [0.25, 0.3) is 0 Å². The second kappa shape index (κ2) is 7.74. The van der Waals surface area contributed by atoms with Crippen molar-refractivity contribution < 1.29 is 27.2 Å². The molecular formula is C22H20F4N2O2. The molecule has 0 radical (unpaired) electrons. The monoisotopic (exact) mass is 420 g/mol. The molecule has 0 spiro atoms. The van der Waals surface area contributed by atoms with Gasteiger partial charge in [-0.3, -0.25) is 9.59 Å². The molecule has 2 heterocycles. The fraction of sp³-hybridized carbons (Fsp3) is 0.364. The maximum Gasteiger partial charge on any atom is 0.416 e. The molecule has 158 valence electrons. The third-order valence-electron chi connectivity index (χ3n) is 5.71. The number of hydrogen-bond donors (Lipinski definition) is 1. The lowest BCUT2D eigenvalue weighted by atomic mass is 9.89. The van der Waals surface area contributed by atoms with Gasteiger partial charge in [-0.15, -0.1) is 0 Å². The van der Waals surface area contributed by atoms with Gasteiger partial charge in [0.05, 0.1) is 11.1 Å². The molecule has 0 bridgehead atoms. The van der Waals surface area contributed by atoms with Gasteiger partial charge in [0.2, 0.25) is 5.91 Å². The molecule has 1 fully saturated rings. The van der Waals surface area contributed by atoms with Crippen molar-refractivity contribution in [3.8, 4) is 0 Å². The Labute approximate surface area is 170 Å². The highest BCUT2D eigenvalue weighted by Crippen LogP contribution is 2.34. The number of piperidine rings is 1. The number of carbonyl (C=O) groups excluding carboxylic acids is 2. The average molecular weight is 420 g/mol. The van der Waals surface area contributed by atoms with Crippen LogP contribution in [0.2, 0.25) is 0 Å². The minimum absolute atomic E-state index is 0.0745. The quantitative estimate of drug-likeness (QED) is 0.713. The number of nitrogens with one attached hydrogen (secondary N) is 1. The maximum absolute atomic E-state index is 14.6. The first-order valence-corrected chi connectivity index (χ1v) is 9.81. The van der Waals surface area contributed by atoms with Crippen LogP contribution >= 0.6 is 0 Å². The number of fused-ring (bicyclic) bond motifs is 1. The molecule has 8 heteroatoms. The third-order valence-corrected chi connectivity index (χ3v) is 5.71. The summed E-state index contributed by atoms with van der Waals surface area (Å²) < 4.78 is 53.7. The zero-order valence-electron chi connectivity index (χ0n) is 16.1. The molecule has 2 aromatic carbocycles. The molecule has 1 N–H and O–H groups in total. The Hall–Kier alpha value is -2.90. The van der Waals surface area contributed by atoms with Crippen LogP contribution in [0.1, 0.15) is 52.2 Å². The minimum Gasteiger partial charge on any atom is -0.338 e. The number of amides is 2. The Kier molecular flexibility index (Phi) is 5.26. The second-order valence-corrected chi connectivity index (χ2v) is 7.75. The highest BCUT2D eigenvalue weighted by Gasteiger charge is 2.32. The normalized spacial score (nSPS) is 19.3. The number of nitrogens with zero attached hydrogens (tertiary/aromatic N) is 1. The Bertz CT molecular complexity index is 1000. The molecule has 1 atom stereocenters. The van der Waals surface area contributed by atoms with Crippen LogP contribution in [-0.4, -0.2) is 29.8 Å². The van der Waals surface area contributed by atoms with Gasteiger partial charge < -0.3 is 10.2 Å². The fourth-order valence-corrected chi connectivity index (χ4v) is 4.14. The topological polar surface area (TPSA) is 49.4 Å². The van der Waals surface area contributed by atoms with E-state index in [4.69, 9.17) is 0 Å². The van der Waals surface area contributed by atoms with Gasteiger partial charge in [0.1, 0.15) is 5.82 Å². The molecule has 2 aliphatic rings. The summed E-state index contributed by atoms with van der Waals surface area (Å²) in [4.78, 5) is 26.0. The zero-order valence-corrected chi connectivity index (χ0v) is 16.1. The smallest absolute Gasteiger partial charge is 0.338 e. The number of aryl methyl sites for hydroxylation is 1. The number of likely N-dealkylation sites (tertiary alicyclic amines) is 1. The van der Waals surface area contributed by atoms with E-state index in [1.165, 1.54) is 17.0 Å². The Morgan fingerprint density at radius 3 is 2.70 bits per heavy atom. The number of alkyl halides is 3. The number of anilines is 1.